The Bertz CT molecular complexity index is 624. The van der Waals surface area contributed by atoms with Crippen LogP contribution < -0.4 is 20.4 Å². The molecule has 1 aromatic carbocycles. The molecule has 0 aliphatic carbocycles. The molecule has 1 aliphatic rings. The number of nitrogens with one attached hydrogen (secondary N) is 4. The number of aryl methyl sites for hydroxylation is 1. The second kappa shape index (κ2) is 9.69. The molecule has 4 N–H and O–H groups in total. The highest BCUT2D eigenvalue weighted by atomic mass is 16.2. The van der Waals surface area contributed by atoms with E-state index in [2.05, 4.69) is 30.5 Å². The predicted molar refractivity (Wildman–Crippen MR) is 104 cm³/mol. The first-order chi connectivity index (χ1) is 12.4. The highest BCUT2D eigenvalue weighted by molar-refractivity contribution is 5.92. The lowest BCUT2D eigenvalue weighted by atomic mass is 10.1. The Kier molecular flexibility index (Phi) is 7.60. The fourth-order valence-corrected chi connectivity index (χ4v) is 3.27. The average Bonchev–Trinajstić information content (AvgIpc) is 2.60. The number of piperazine rings is 1. The predicted octanol–water partition coefficient (Wildman–Crippen LogP) is -1.06. The van der Waals surface area contributed by atoms with Crippen LogP contribution in [0, 0.1) is 13.8 Å². The first-order valence-electron chi connectivity index (χ1n) is 9.71. The molecule has 6 nitrogen and oxygen atoms in total. The van der Waals surface area contributed by atoms with E-state index in [0.29, 0.717) is 13.1 Å². The van der Waals surface area contributed by atoms with E-state index in [1.165, 1.54) is 15.4 Å². The summed E-state index contributed by atoms with van der Waals surface area (Å²) in [6.45, 7) is 12.9. The third kappa shape index (κ3) is 6.11. The standard InChI is InChI=1S/C20H32N4O2/c1-5-16(3)21-19(25)13-23-9-11-24(12-10-23)14-20(26)22-18-8-6-7-15(2)17(18)4/h6-8,16H,5,9-14H2,1-4H3,(H,21,25)(H,22,26)/p+2/t16-/m1/s1. The SMILES string of the molecule is CC[C@@H](C)NC(=O)C[NH+]1CC[NH+](CC(=O)Nc2cccc(C)c2C)CC1. The molecule has 1 fully saturated rings. The maximum Gasteiger partial charge on any atom is 0.279 e. The minimum absolute atomic E-state index is 0.0617. The zero-order valence-corrected chi connectivity index (χ0v) is 16.6. The van der Waals surface area contributed by atoms with Gasteiger partial charge in [-0.15, -0.1) is 0 Å². The third-order valence-corrected chi connectivity index (χ3v) is 5.38. The fraction of sp³-hybridized carbons (Fsp3) is 0.600. The van der Waals surface area contributed by atoms with E-state index in [9.17, 15) is 9.59 Å². The lowest BCUT2D eigenvalue weighted by molar-refractivity contribution is -1.00. The molecular formula is C20H34N4O2+2. The largest absolute Gasteiger partial charge is 0.349 e. The Labute approximate surface area is 156 Å². The highest BCUT2D eigenvalue weighted by Crippen LogP contribution is 2.17. The molecule has 0 saturated carbocycles. The van der Waals surface area contributed by atoms with Crippen molar-refractivity contribution < 1.29 is 19.4 Å². The zero-order valence-electron chi connectivity index (χ0n) is 16.6. The van der Waals surface area contributed by atoms with Gasteiger partial charge in [-0.2, -0.15) is 0 Å². The van der Waals surface area contributed by atoms with E-state index < -0.39 is 0 Å². The van der Waals surface area contributed by atoms with Gasteiger partial charge in [-0.25, -0.2) is 0 Å². The number of hydrogen-bond acceptors (Lipinski definition) is 2. The van der Waals surface area contributed by atoms with E-state index in [-0.39, 0.29) is 17.9 Å². The highest BCUT2D eigenvalue weighted by Gasteiger charge is 2.26. The monoisotopic (exact) mass is 362 g/mol. The maximum atomic E-state index is 12.4. The molecular weight excluding hydrogens is 328 g/mol. The van der Waals surface area contributed by atoms with Crippen LogP contribution in [0.5, 0.6) is 0 Å². The molecule has 144 valence electrons. The summed E-state index contributed by atoms with van der Waals surface area (Å²) in [7, 11) is 0. The van der Waals surface area contributed by atoms with Crippen LogP contribution in [0.25, 0.3) is 0 Å². The molecule has 0 unspecified atom stereocenters. The summed E-state index contributed by atoms with van der Waals surface area (Å²) in [5, 5.41) is 6.07. The van der Waals surface area contributed by atoms with Crippen LogP contribution in [0.4, 0.5) is 5.69 Å². The topological polar surface area (TPSA) is 67.1 Å². The quantitative estimate of drug-likeness (QED) is 0.500. The number of anilines is 1. The smallest absolute Gasteiger partial charge is 0.279 e. The van der Waals surface area contributed by atoms with Crippen LogP contribution in [-0.4, -0.2) is 57.1 Å². The number of benzene rings is 1. The van der Waals surface area contributed by atoms with Gasteiger partial charge in [0.25, 0.3) is 11.8 Å². The van der Waals surface area contributed by atoms with Crippen molar-refractivity contribution in [3.63, 3.8) is 0 Å². The molecule has 0 radical (unpaired) electrons. The van der Waals surface area contributed by atoms with Crippen molar-refractivity contribution >= 4 is 17.5 Å². The second-order valence-electron chi connectivity index (χ2n) is 7.53. The van der Waals surface area contributed by atoms with Crippen molar-refractivity contribution in [2.24, 2.45) is 0 Å². The number of amides is 2. The minimum Gasteiger partial charge on any atom is -0.349 e. The summed E-state index contributed by atoms with van der Waals surface area (Å²) < 4.78 is 0. The Morgan fingerprint density at radius 1 is 1.04 bits per heavy atom. The summed E-state index contributed by atoms with van der Waals surface area (Å²) >= 11 is 0. The Morgan fingerprint density at radius 3 is 2.19 bits per heavy atom. The molecule has 2 rings (SSSR count). The normalized spacial score (nSPS) is 21.1. The number of carbonyl (C=O) groups excluding carboxylic acids is 2. The van der Waals surface area contributed by atoms with Crippen LogP contribution in [0.15, 0.2) is 18.2 Å². The van der Waals surface area contributed by atoms with Gasteiger partial charge in [0.15, 0.2) is 13.1 Å². The summed E-state index contributed by atoms with van der Waals surface area (Å²) in [6, 6.07) is 6.21. The molecule has 1 saturated heterocycles. The lowest BCUT2D eigenvalue weighted by Gasteiger charge is -2.29. The molecule has 1 aliphatic heterocycles. The van der Waals surface area contributed by atoms with E-state index >= 15 is 0 Å². The van der Waals surface area contributed by atoms with Gasteiger partial charge in [0.1, 0.15) is 26.2 Å². The maximum absolute atomic E-state index is 12.4. The van der Waals surface area contributed by atoms with Gasteiger partial charge in [0.2, 0.25) is 0 Å². The van der Waals surface area contributed by atoms with Gasteiger partial charge >= 0.3 is 0 Å². The fourth-order valence-electron chi connectivity index (χ4n) is 3.27. The van der Waals surface area contributed by atoms with Crippen molar-refractivity contribution in [3.05, 3.63) is 29.3 Å². The molecule has 1 atom stereocenters. The summed E-state index contributed by atoms with van der Waals surface area (Å²) in [5.41, 5.74) is 3.21. The lowest BCUT2D eigenvalue weighted by Crippen LogP contribution is -3.28. The minimum atomic E-state index is 0.0617. The molecule has 1 heterocycles. The molecule has 0 aromatic heterocycles. The molecule has 6 heteroatoms. The van der Waals surface area contributed by atoms with Gasteiger partial charge in [0.05, 0.1) is 0 Å². The van der Waals surface area contributed by atoms with Crippen molar-refractivity contribution in [2.75, 3.05) is 44.6 Å². The first-order valence-corrected chi connectivity index (χ1v) is 9.71. The van der Waals surface area contributed by atoms with Crippen LogP contribution in [0.1, 0.15) is 31.4 Å². The van der Waals surface area contributed by atoms with Gasteiger partial charge in [-0.1, -0.05) is 19.1 Å². The van der Waals surface area contributed by atoms with Gasteiger partial charge < -0.3 is 20.4 Å². The Hall–Kier alpha value is -1.92. The number of quaternary nitrogens is 2. The first kappa shape index (κ1) is 20.4. The van der Waals surface area contributed by atoms with E-state index in [1.807, 2.05) is 26.0 Å². The third-order valence-electron chi connectivity index (χ3n) is 5.38. The van der Waals surface area contributed by atoms with Crippen molar-refractivity contribution in [2.45, 2.75) is 40.2 Å². The second-order valence-corrected chi connectivity index (χ2v) is 7.53. The van der Waals surface area contributed by atoms with Crippen molar-refractivity contribution in [1.82, 2.24) is 5.32 Å². The molecule has 0 bridgehead atoms. The van der Waals surface area contributed by atoms with E-state index in [0.717, 1.165) is 43.9 Å². The summed E-state index contributed by atoms with van der Waals surface area (Å²) in [6.07, 6.45) is 0.953. The Balaban J connectivity index is 1.73. The number of rotatable bonds is 7. The summed E-state index contributed by atoms with van der Waals surface area (Å²) in [4.78, 5) is 27.0. The average molecular weight is 363 g/mol. The number of hydrogen-bond donors (Lipinski definition) is 4. The summed E-state index contributed by atoms with van der Waals surface area (Å²) in [5.74, 6) is 0.192. The molecule has 2 amide bonds. The van der Waals surface area contributed by atoms with Crippen LogP contribution in [0.3, 0.4) is 0 Å². The van der Waals surface area contributed by atoms with Gasteiger partial charge in [0, 0.05) is 11.7 Å². The van der Waals surface area contributed by atoms with Crippen molar-refractivity contribution in [1.29, 1.82) is 0 Å². The van der Waals surface area contributed by atoms with Gasteiger partial charge in [-0.3, -0.25) is 9.59 Å². The molecule has 0 spiro atoms. The zero-order chi connectivity index (χ0) is 19.1. The van der Waals surface area contributed by atoms with Gasteiger partial charge in [-0.05, 0) is 44.4 Å². The number of carbonyl (C=O) groups is 2. The van der Waals surface area contributed by atoms with E-state index in [1.54, 1.807) is 0 Å². The Morgan fingerprint density at radius 2 is 1.62 bits per heavy atom. The van der Waals surface area contributed by atoms with E-state index in [4.69, 9.17) is 0 Å². The molecule has 1 aromatic rings. The van der Waals surface area contributed by atoms with Crippen molar-refractivity contribution in [3.8, 4) is 0 Å². The van der Waals surface area contributed by atoms with Crippen LogP contribution in [-0.2, 0) is 9.59 Å². The van der Waals surface area contributed by atoms with Crippen LogP contribution in [0.2, 0.25) is 0 Å². The van der Waals surface area contributed by atoms with Crippen LogP contribution >= 0.6 is 0 Å². The molecule has 26 heavy (non-hydrogen) atoms.